The molecule has 4 rings (SSSR count). The van der Waals surface area contributed by atoms with E-state index in [2.05, 4.69) is 22.3 Å². The quantitative estimate of drug-likeness (QED) is 0.704. The van der Waals surface area contributed by atoms with Gasteiger partial charge in [-0.05, 0) is 63.1 Å². The molecule has 2 bridgehead atoms. The van der Waals surface area contributed by atoms with Crippen LogP contribution in [0.4, 0.5) is 0 Å². The van der Waals surface area contributed by atoms with Crippen LogP contribution >= 0.6 is 24.8 Å². The number of hydrogen-bond donors (Lipinski definition) is 2. The van der Waals surface area contributed by atoms with Gasteiger partial charge in [-0.15, -0.1) is 24.8 Å². The third kappa shape index (κ3) is 5.01. The van der Waals surface area contributed by atoms with Crippen LogP contribution in [-0.2, 0) is 4.79 Å². The molecule has 5 atom stereocenters. The lowest BCUT2D eigenvalue weighted by atomic mass is 9.84. The number of nitrogens with two attached hydrogens (primary N) is 1. The Balaban J connectivity index is 0.00000150. The molecule has 7 heteroatoms. The Labute approximate surface area is 186 Å². The summed E-state index contributed by atoms with van der Waals surface area (Å²) in [5.41, 5.74) is 7.55. The number of fused-ring (bicyclic) bond motifs is 2. The molecule has 1 heterocycles. The van der Waals surface area contributed by atoms with Crippen molar-refractivity contribution in [3.8, 4) is 5.75 Å². The van der Waals surface area contributed by atoms with Crippen LogP contribution in [0.3, 0.4) is 0 Å². The highest BCUT2D eigenvalue weighted by molar-refractivity contribution is 5.85. The molecule has 2 saturated carbocycles. The van der Waals surface area contributed by atoms with Gasteiger partial charge in [0.2, 0.25) is 5.91 Å². The topological polar surface area (TPSA) is 67.6 Å². The summed E-state index contributed by atoms with van der Waals surface area (Å²) < 4.78 is 5.62. The number of ether oxygens (including phenoxy) is 1. The smallest absolute Gasteiger partial charge is 0.225 e. The molecule has 1 saturated heterocycles. The first-order valence-electron chi connectivity index (χ1n) is 10.6. The number of nitrogens with zero attached hydrogens (tertiary/aromatic N) is 1. The second-order valence-electron chi connectivity index (χ2n) is 8.54. The summed E-state index contributed by atoms with van der Waals surface area (Å²) >= 11 is 0. The van der Waals surface area contributed by atoms with Crippen LogP contribution in [0, 0.1) is 17.8 Å². The maximum atomic E-state index is 13.0. The van der Waals surface area contributed by atoms with E-state index < -0.39 is 0 Å². The highest BCUT2D eigenvalue weighted by Crippen LogP contribution is 2.47. The summed E-state index contributed by atoms with van der Waals surface area (Å²) in [6.07, 6.45) is 7.24. The minimum atomic E-state index is 0. The Kier molecular flexibility index (Phi) is 9.08. The average Bonchev–Trinajstić information content (AvgIpc) is 3.30. The number of methoxy groups -OCH3 is 1. The number of piperidine rings is 1. The molecule has 0 aromatic heterocycles. The van der Waals surface area contributed by atoms with E-state index in [0.29, 0.717) is 18.4 Å². The summed E-state index contributed by atoms with van der Waals surface area (Å²) in [4.78, 5) is 15.5. The molecule has 1 amide bonds. The normalized spacial score (nSPS) is 29.4. The van der Waals surface area contributed by atoms with Crippen molar-refractivity contribution in [1.29, 1.82) is 0 Å². The highest BCUT2D eigenvalue weighted by Gasteiger charge is 2.49. The number of rotatable bonds is 6. The Morgan fingerprint density at radius 1 is 1.17 bits per heavy atom. The van der Waals surface area contributed by atoms with E-state index in [-0.39, 0.29) is 48.7 Å². The number of carbonyl (C=O) groups is 1. The predicted octanol–water partition coefficient (Wildman–Crippen LogP) is 3.56. The number of likely N-dealkylation sites (tertiary alicyclic amines) is 1. The highest BCUT2D eigenvalue weighted by atomic mass is 35.5. The lowest BCUT2D eigenvalue weighted by Gasteiger charge is -2.36. The van der Waals surface area contributed by atoms with Gasteiger partial charge in [0.25, 0.3) is 0 Å². The number of hydrogen-bond acceptors (Lipinski definition) is 4. The number of amides is 1. The summed E-state index contributed by atoms with van der Waals surface area (Å²) in [7, 11) is 1.72. The van der Waals surface area contributed by atoms with Crippen LogP contribution in [0.1, 0.15) is 50.1 Å². The Hall–Kier alpha value is -1.01. The molecule has 3 aliphatic rings. The maximum absolute atomic E-state index is 13.0. The van der Waals surface area contributed by atoms with Crippen LogP contribution < -0.4 is 15.8 Å². The van der Waals surface area contributed by atoms with Crippen LogP contribution in [0.5, 0.6) is 5.75 Å². The zero-order valence-electron chi connectivity index (χ0n) is 17.2. The molecule has 29 heavy (non-hydrogen) atoms. The molecule has 2 aliphatic carbocycles. The van der Waals surface area contributed by atoms with Gasteiger partial charge in [0, 0.05) is 18.2 Å². The third-order valence-electron chi connectivity index (χ3n) is 7.08. The van der Waals surface area contributed by atoms with Gasteiger partial charge in [-0.3, -0.25) is 9.69 Å². The zero-order valence-corrected chi connectivity index (χ0v) is 18.9. The van der Waals surface area contributed by atoms with E-state index in [0.717, 1.165) is 25.3 Å². The van der Waals surface area contributed by atoms with Gasteiger partial charge in [-0.1, -0.05) is 24.6 Å². The first-order valence-corrected chi connectivity index (χ1v) is 10.6. The Bertz CT molecular complexity index is 667. The monoisotopic (exact) mass is 443 g/mol. The molecule has 5 nitrogen and oxygen atoms in total. The molecule has 1 aliphatic heterocycles. The van der Waals surface area contributed by atoms with E-state index in [4.69, 9.17) is 10.5 Å². The molecule has 0 radical (unpaired) electrons. The van der Waals surface area contributed by atoms with Crippen molar-refractivity contribution in [2.45, 2.75) is 50.6 Å². The fraction of sp³-hybridized carbons (Fsp3) is 0.682. The van der Waals surface area contributed by atoms with Crippen molar-refractivity contribution in [2.75, 3.05) is 26.7 Å². The Morgan fingerprint density at radius 2 is 1.86 bits per heavy atom. The average molecular weight is 444 g/mol. The minimum absolute atomic E-state index is 0. The molecule has 5 unspecified atom stereocenters. The van der Waals surface area contributed by atoms with E-state index in [1.54, 1.807) is 7.11 Å². The van der Waals surface area contributed by atoms with Crippen LogP contribution in [0.2, 0.25) is 0 Å². The summed E-state index contributed by atoms with van der Waals surface area (Å²) in [6, 6.07) is 8.40. The maximum Gasteiger partial charge on any atom is 0.225 e. The van der Waals surface area contributed by atoms with Crippen molar-refractivity contribution in [3.63, 3.8) is 0 Å². The van der Waals surface area contributed by atoms with Crippen molar-refractivity contribution in [3.05, 3.63) is 29.8 Å². The summed E-state index contributed by atoms with van der Waals surface area (Å²) in [5, 5.41) is 3.27. The zero-order chi connectivity index (χ0) is 18.8. The van der Waals surface area contributed by atoms with Gasteiger partial charge in [-0.2, -0.15) is 0 Å². The second kappa shape index (κ2) is 10.9. The number of nitrogens with one attached hydrogen (secondary N) is 1. The predicted molar refractivity (Wildman–Crippen MR) is 121 cm³/mol. The van der Waals surface area contributed by atoms with Crippen molar-refractivity contribution in [1.82, 2.24) is 10.2 Å². The summed E-state index contributed by atoms with van der Waals surface area (Å²) in [6.45, 7) is 2.78. The van der Waals surface area contributed by atoms with Gasteiger partial charge in [0.05, 0.1) is 19.1 Å². The van der Waals surface area contributed by atoms with Gasteiger partial charge >= 0.3 is 0 Å². The lowest BCUT2D eigenvalue weighted by molar-refractivity contribution is -0.127. The number of benzene rings is 1. The fourth-order valence-electron chi connectivity index (χ4n) is 5.65. The van der Waals surface area contributed by atoms with Crippen LogP contribution in [0.25, 0.3) is 0 Å². The number of carbonyl (C=O) groups excluding carboxylic acids is 1. The van der Waals surface area contributed by atoms with Crippen molar-refractivity contribution >= 4 is 30.7 Å². The van der Waals surface area contributed by atoms with E-state index in [1.165, 1.54) is 37.7 Å². The first-order chi connectivity index (χ1) is 13.2. The molecule has 1 aromatic carbocycles. The second-order valence-corrected chi connectivity index (χ2v) is 8.54. The van der Waals surface area contributed by atoms with Crippen LogP contribution in [0.15, 0.2) is 24.3 Å². The largest absolute Gasteiger partial charge is 0.496 e. The number of halogens is 2. The van der Waals surface area contributed by atoms with Gasteiger partial charge in [0.15, 0.2) is 0 Å². The fourth-order valence-corrected chi connectivity index (χ4v) is 5.65. The molecule has 3 fully saturated rings. The van der Waals surface area contributed by atoms with E-state index >= 15 is 0 Å². The SMILES string of the molecule is COc1ccccc1C(CNC(=O)C1C2CCC(C2)C1N)N1CCCCC1.Cl.Cl. The third-order valence-corrected chi connectivity index (χ3v) is 7.08. The molecule has 1 aromatic rings. The van der Waals surface area contributed by atoms with Crippen LogP contribution in [-0.4, -0.2) is 43.6 Å². The molecule has 0 spiro atoms. The first kappa shape index (κ1) is 24.3. The lowest BCUT2D eigenvalue weighted by Crippen LogP contribution is -2.48. The molecule has 164 valence electrons. The standard InChI is InChI=1S/C22H33N3O2.2ClH/c1-27-19-8-4-3-7-17(19)18(25-11-5-2-6-12-25)14-24-22(26)20-15-9-10-16(13-15)21(20)23;;/h3-4,7-8,15-16,18,20-21H,2,5-6,9-14,23H2,1H3,(H,24,26);2*1H. The van der Waals surface area contributed by atoms with Crippen molar-refractivity contribution in [2.24, 2.45) is 23.5 Å². The molecular formula is C22H35Cl2N3O2. The molecule has 3 N–H and O–H groups in total. The number of para-hydroxylation sites is 1. The minimum Gasteiger partial charge on any atom is -0.496 e. The van der Waals surface area contributed by atoms with E-state index in [9.17, 15) is 4.79 Å². The van der Waals surface area contributed by atoms with Gasteiger partial charge < -0.3 is 15.8 Å². The molecular weight excluding hydrogens is 409 g/mol. The van der Waals surface area contributed by atoms with Gasteiger partial charge in [-0.25, -0.2) is 0 Å². The van der Waals surface area contributed by atoms with Crippen molar-refractivity contribution < 1.29 is 9.53 Å². The summed E-state index contributed by atoms with van der Waals surface area (Å²) in [5.74, 6) is 2.11. The van der Waals surface area contributed by atoms with E-state index in [1.807, 2.05) is 12.1 Å². The van der Waals surface area contributed by atoms with Gasteiger partial charge in [0.1, 0.15) is 5.75 Å². The Morgan fingerprint density at radius 3 is 2.52 bits per heavy atom.